The molecular formula is C22H16AsClFN3O3. The van der Waals surface area contributed by atoms with Crippen molar-refractivity contribution in [2.24, 2.45) is 5.92 Å². The van der Waals surface area contributed by atoms with E-state index in [0.29, 0.717) is 27.0 Å². The van der Waals surface area contributed by atoms with Crippen molar-refractivity contribution in [3.8, 4) is 11.1 Å². The summed E-state index contributed by atoms with van der Waals surface area (Å²) in [7, 11) is 0. The van der Waals surface area contributed by atoms with Crippen LogP contribution >= 0.6 is 11.6 Å². The minimum absolute atomic E-state index is 0.00286. The van der Waals surface area contributed by atoms with Gasteiger partial charge in [0.25, 0.3) is 0 Å². The number of hydrogen-bond acceptors (Lipinski definition) is 4. The van der Waals surface area contributed by atoms with Gasteiger partial charge in [-0.25, -0.2) is 0 Å². The number of aromatic nitrogens is 3. The Balaban J connectivity index is 1.57. The molecule has 1 N–H and O–H groups in total. The van der Waals surface area contributed by atoms with Gasteiger partial charge in [-0.05, 0) is 0 Å². The summed E-state index contributed by atoms with van der Waals surface area (Å²) < 4.78 is 15.0. The summed E-state index contributed by atoms with van der Waals surface area (Å²) in [5, 5.41) is 11.5. The fourth-order valence-corrected chi connectivity index (χ4v) is 6.28. The number of imidazole rings is 1. The maximum atomic E-state index is 13.2. The Kier molecular flexibility index (Phi) is 4.83. The van der Waals surface area contributed by atoms with Gasteiger partial charge in [-0.1, -0.05) is 0 Å². The number of benzene rings is 2. The summed E-state index contributed by atoms with van der Waals surface area (Å²) in [6.45, 7) is 1.90. The molecule has 3 unspecified atom stereocenters. The number of rotatable bonds is 4. The van der Waals surface area contributed by atoms with Crippen molar-refractivity contribution in [1.29, 1.82) is 0 Å². The van der Waals surface area contributed by atoms with Crippen LogP contribution in [0.4, 0.5) is 9.18 Å². The molecule has 5 rings (SSSR count). The molecule has 0 bridgehead atoms. The molecule has 9 heteroatoms. The number of carbonyl (C=O) groups is 2. The number of hydrogen-bond donors (Lipinski definition) is 1. The summed E-state index contributed by atoms with van der Waals surface area (Å²) in [4.78, 5) is 32.1. The monoisotopic (exact) mass is 499 g/mol. The van der Waals surface area contributed by atoms with Gasteiger partial charge in [-0.15, -0.1) is 0 Å². The van der Waals surface area contributed by atoms with Crippen molar-refractivity contribution in [3.63, 3.8) is 0 Å². The predicted octanol–water partition coefficient (Wildman–Crippen LogP) is 3.69. The zero-order chi connectivity index (χ0) is 21.9. The van der Waals surface area contributed by atoms with Gasteiger partial charge in [0, 0.05) is 0 Å². The Morgan fingerprint density at radius 2 is 2.00 bits per heavy atom. The van der Waals surface area contributed by atoms with Crippen LogP contribution in [0.3, 0.4) is 0 Å². The molecule has 6 nitrogen and oxygen atoms in total. The number of halogens is 2. The molecule has 1 aliphatic carbocycles. The molecule has 0 aliphatic heterocycles. The van der Waals surface area contributed by atoms with Gasteiger partial charge >= 0.3 is 188 Å². The second kappa shape index (κ2) is 7.43. The van der Waals surface area contributed by atoms with Gasteiger partial charge in [0.15, 0.2) is 0 Å². The second-order valence-electron chi connectivity index (χ2n) is 7.65. The van der Waals surface area contributed by atoms with Crippen molar-refractivity contribution in [1.82, 2.24) is 14.5 Å². The van der Waals surface area contributed by atoms with E-state index in [1.54, 1.807) is 12.3 Å². The van der Waals surface area contributed by atoms with Crippen LogP contribution in [0, 0.1) is 12.8 Å². The van der Waals surface area contributed by atoms with Crippen LogP contribution in [0.15, 0.2) is 42.9 Å². The van der Waals surface area contributed by atoms with E-state index in [0.717, 1.165) is 32.0 Å². The van der Waals surface area contributed by atoms with Crippen LogP contribution < -0.4 is 4.48 Å². The van der Waals surface area contributed by atoms with E-state index in [9.17, 15) is 19.1 Å². The first-order chi connectivity index (χ1) is 14.8. The molecule has 31 heavy (non-hydrogen) atoms. The summed E-state index contributed by atoms with van der Waals surface area (Å²) >= 11 is 5.34. The predicted molar refractivity (Wildman–Crippen MR) is 118 cm³/mol. The fraction of sp³-hybridized carbons (Fsp3) is 0.182. The van der Waals surface area contributed by atoms with Gasteiger partial charge in [0.1, 0.15) is 0 Å². The number of nitrogens with zero attached hydrogens (tertiary/aromatic N) is 3. The Labute approximate surface area is 187 Å². The van der Waals surface area contributed by atoms with Gasteiger partial charge < -0.3 is 0 Å². The quantitative estimate of drug-likeness (QED) is 0.433. The standard InChI is InChI=1S/C22H16AsClFN3O3/c1-10-2-19-18(27-9-28(19)22(30)31)7-13(10)11-3-12-5-20(23-21(29)14-6-17(14)25)26-8-15(12)16(24)4-11/h2-5,7-9,14,17,23H,6H2,1H3,(H,30,31). The van der Waals surface area contributed by atoms with Crippen molar-refractivity contribution in [2.45, 2.75) is 19.5 Å². The molecule has 0 radical (unpaired) electrons. The van der Waals surface area contributed by atoms with E-state index in [2.05, 4.69) is 9.97 Å². The number of alkyl halides is 1. The summed E-state index contributed by atoms with van der Waals surface area (Å²) in [5.74, 6) is -0.438. The molecule has 4 aromatic rings. The fourth-order valence-electron chi connectivity index (χ4n) is 3.71. The average molecular weight is 500 g/mol. The molecular weight excluding hydrogens is 484 g/mol. The molecule has 0 saturated heterocycles. The first-order valence-corrected chi connectivity index (χ1v) is 12.0. The Morgan fingerprint density at radius 3 is 2.71 bits per heavy atom. The number of fused-ring (bicyclic) bond motifs is 2. The molecule has 156 valence electrons. The average Bonchev–Trinajstić information content (AvgIpc) is 3.31. The third-order valence-electron chi connectivity index (χ3n) is 5.50. The second-order valence-corrected chi connectivity index (χ2v) is 10.7. The Morgan fingerprint density at radius 1 is 1.23 bits per heavy atom. The van der Waals surface area contributed by atoms with Gasteiger partial charge in [0.2, 0.25) is 0 Å². The summed E-state index contributed by atoms with van der Waals surface area (Å²) in [6, 6.07) is 9.31. The van der Waals surface area contributed by atoms with E-state index >= 15 is 0 Å². The van der Waals surface area contributed by atoms with Gasteiger partial charge in [-0.3, -0.25) is 0 Å². The van der Waals surface area contributed by atoms with E-state index in [-0.39, 0.29) is 4.57 Å². The van der Waals surface area contributed by atoms with E-state index < -0.39 is 33.9 Å². The summed E-state index contributed by atoms with van der Waals surface area (Å²) in [5.41, 5.74) is 3.71. The van der Waals surface area contributed by atoms with Crippen molar-refractivity contribution >= 4 is 64.3 Å². The molecule has 2 heterocycles. The van der Waals surface area contributed by atoms with Crippen LogP contribution in [0.2, 0.25) is 5.02 Å². The normalized spacial score (nSPS) is 18.3. The van der Waals surface area contributed by atoms with Gasteiger partial charge in [0.05, 0.1) is 0 Å². The van der Waals surface area contributed by atoms with E-state index in [1.165, 1.54) is 6.33 Å². The number of carbonyl (C=O) groups excluding carboxylic acids is 1. The molecule has 0 spiro atoms. The number of aryl methyl sites for hydroxylation is 1. The van der Waals surface area contributed by atoms with E-state index in [4.69, 9.17) is 11.6 Å². The molecule has 1 aliphatic rings. The molecule has 2 aromatic carbocycles. The van der Waals surface area contributed by atoms with Crippen LogP contribution in [0.5, 0.6) is 0 Å². The topological polar surface area (TPSA) is 85.1 Å². The third kappa shape index (κ3) is 3.62. The summed E-state index contributed by atoms with van der Waals surface area (Å²) in [6.07, 6.45) is 1.21. The van der Waals surface area contributed by atoms with Crippen molar-refractivity contribution in [3.05, 3.63) is 53.4 Å². The van der Waals surface area contributed by atoms with Crippen LogP contribution in [-0.2, 0) is 4.79 Å². The molecule has 1 fully saturated rings. The van der Waals surface area contributed by atoms with Gasteiger partial charge in [-0.2, -0.15) is 0 Å². The van der Waals surface area contributed by atoms with Crippen molar-refractivity contribution in [2.75, 3.05) is 0 Å². The molecule has 1 saturated carbocycles. The molecule has 2 aromatic heterocycles. The minimum atomic E-state index is -1.18. The van der Waals surface area contributed by atoms with Crippen LogP contribution in [-0.4, -0.2) is 52.2 Å². The van der Waals surface area contributed by atoms with Crippen LogP contribution in [0.25, 0.3) is 32.9 Å². The number of pyridine rings is 1. The SMILES string of the molecule is Cc1cc2c(cc1-c1cc(Cl)c3cnc([AsH]C(=O)C4CC4F)cc3c1)ncn2C(=O)O. The number of carboxylic acid groups (broad SMARTS) is 1. The Hall–Kier alpha value is -2.76. The first kappa shape index (κ1) is 20.2. The zero-order valence-electron chi connectivity index (χ0n) is 16.3. The first-order valence-electron chi connectivity index (χ1n) is 9.57. The van der Waals surface area contributed by atoms with Crippen LogP contribution in [0.1, 0.15) is 12.0 Å². The molecule has 3 atom stereocenters. The van der Waals surface area contributed by atoms with E-state index in [1.807, 2.05) is 31.2 Å². The third-order valence-corrected chi connectivity index (χ3v) is 8.22. The zero-order valence-corrected chi connectivity index (χ0v) is 19.1. The Bertz CT molecular complexity index is 1400. The maximum absolute atomic E-state index is 13.2. The van der Waals surface area contributed by atoms with Crippen molar-refractivity contribution < 1.29 is 19.1 Å². The molecule has 0 amide bonds.